The van der Waals surface area contributed by atoms with E-state index in [1.165, 1.54) is 11.6 Å². The zero-order valence-electron chi connectivity index (χ0n) is 11.4. The molecule has 2 rings (SSSR count). The van der Waals surface area contributed by atoms with Crippen LogP contribution in [0.1, 0.15) is 5.56 Å². The second-order valence-electron chi connectivity index (χ2n) is 4.74. The monoisotopic (exact) mass is 261 g/mol. The van der Waals surface area contributed by atoms with Crippen LogP contribution in [0.15, 0.2) is 30.9 Å². The van der Waals surface area contributed by atoms with Crippen molar-refractivity contribution in [1.29, 1.82) is 0 Å². The van der Waals surface area contributed by atoms with Gasteiger partial charge in [0.15, 0.2) is 0 Å². The molecule has 0 atom stereocenters. The number of carbonyl (C=O) groups is 1. The van der Waals surface area contributed by atoms with Crippen LogP contribution in [-0.4, -0.2) is 38.1 Å². The van der Waals surface area contributed by atoms with Crippen LogP contribution in [0.5, 0.6) is 11.5 Å². The topological polar surface area (TPSA) is 38.8 Å². The summed E-state index contributed by atoms with van der Waals surface area (Å²) in [5.41, 5.74) is 1.17. The third kappa shape index (κ3) is 3.08. The minimum absolute atomic E-state index is 0.0134. The highest BCUT2D eigenvalue weighted by Crippen LogP contribution is 2.27. The summed E-state index contributed by atoms with van der Waals surface area (Å²) in [5.74, 6) is 2.11. The molecule has 1 aliphatic rings. The molecule has 0 saturated carbocycles. The van der Waals surface area contributed by atoms with Crippen LogP contribution >= 0.6 is 0 Å². The van der Waals surface area contributed by atoms with E-state index in [1.54, 1.807) is 19.1 Å². The van der Waals surface area contributed by atoms with E-state index in [0.29, 0.717) is 5.92 Å². The molecule has 0 unspecified atom stereocenters. The van der Waals surface area contributed by atoms with Gasteiger partial charge in [-0.3, -0.25) is 4.79 Å². The third-order valence-corrected chi connectivity index (χ3v) is 3.38. The first-order chi connectivity index (χ1) is 9.16. The van der Waals surface area contributed by atoms with Crippen LogP contribution in [0, 0.1) is 5.92 Å². The summed E-state index contributed by atoms with van der Waals surface area (Å²) >= 11 is 0. The van der Waals surface area contributed by atoms with Crippen molar-refractivity contribution >= 4 is 5.91 Å². The molecule has 1 aromatic carbocycles. The Morgan fingerprint density at radius 2 is 1.89 bits per heavy atom. The van der Waals surface area contributed by atoms with E-state index in [1.807, 2.05) is 18.2 Å². The highest BCUT2D eigenvalue weighted by molar-refractivity contribution is 5.87. The normalized spacial score (nSPS) is 14.7. The second-order valence-corrected chi connectivity index (χ2v) is 4.74. The summed E-state index contributed by atoms with van der Waals surface area (Å²) in [6.07, 6.45) is 2.29. The molecule has 0 spiro atoms. The van der Waals surface area contributed by atoms with Crippen molar-refractivity contribution in [3.05, 3.63) is 36.4 Å². The van der Waals surface area contributed by atoms with Gasteiger partial charge in [0.1, 0.15) is 11.5 Å². The first kappa shape index (κ1) is 13.5. The Labute approximate surface area is 113 Å². The summed E-state index contributed by atoms with van der Waals surface area (Å²) in [5, 5.41) is 0. The predicted molar refractivity (Wildman–Crippen MR) is 73.5 cm³/mol. The summed E-state index contributed by atoms with van der Waals surface area (Å²) in [6.45, 7) is 5.09. The highest BCUT2D eigenvalue weighted by Gasteiger charge is 2.29. The fourth-order valence-electron chi connectivity index (χ4n) is 2.33. The fourth-order valence-corrected chi connectivity index (χ4v) is 2.33. The molecule has 1 fully saturated rings. The number of nitrogens with zero attached hydrogens (tertiary/aromatic N) is 1. The molecular weight excluding hydrogens is 242 g/mol. The van der Waals surface area contributed by atoms with E-state index in [9.17, 15) is 4.79 Å². The zero-order chi connectivity index (χ0) is 13.8. The van der Waals surface area contributed by atoms with E-state index in [-0.39, 0.29) is 5.91 Å². The molecular formula is C15H19NO3. The van der Waals surface area contributed by atoms with Crippen LogP contribution in [0.4, 0.5) is 0 Å². The Hall–Kier alpha value is -1.97. The van der Waals surface area contributed by atoms with Gasteiger partial charge in [-0.05, 0) is 36.1 Å². The first-order valence-electron chi connectivity index (χ1n) is 6.29. The Kier molecular flexibility index (Phi) is 4.10. The van der Waals surface area contributed by atoms with Crippen molar-refractivity contribution in [2.24, 2.45) is 5.92 Å². The number of amides is 1. The Morgan fingerprint density at radius 3 is 2.37 bits per heavy atom. The number of rotatable bonds is 5. The molecule has 0 radical (unpaired) electrons. The Bertz CT molecular complexity index is 456. The van der Waals surface area contributed by atoms with Crippen molar-refractivity contribution < 1.29 is 14.3 Å². The highest BCUT2D eigenvalue weighted by atomic mass is 16.5. The quantitative estimate of drug-likeness (QED) is 0.760. The third-order valence-electron chi connectivity index (χ3n) is 3.38. The lowest BCUT2D eigenvalue weighted by Crippen LogP contribution is -2.50. The molecule has 0 aromatic heterocycles. The molecule has 0 bridgehead atoms. The number of likely N-dealkylation sites (tertiary alicyclic amines) is 1. The number of ether oxygens (including phenoxy) is 2. The predicted octanol–water partition coefficient (Wildman–Crippen LogP) is 1.89. The smallest absolute Gasteiger partial charge is 0.245 e. The van der Waals surface area contributed by atoms with E-state index in [0.717, 1.165) is 31.0 Å². The number of benzene rings is 1. The van der Waals surface area contributed by atoms with Gasteiger partial charge in [0, 0.05) is 19.2 Å². The van der Waals surface area contributed by atoms with Crippen molar-refractivity contribution in [1.82, 2.24) is 4.90 Å². The molecule has 102 valence electrons. The van der Waals surface area contributed by atoms with Crippen molar-refractivity contribution in [2.75, 3.05) is 27.3 Å². The van der Waals surface area contributed by atoms with E-state index in [4.69, 9.17) is 9.47 Å². The van der Waals surface area contributed by atoms with Gasteiger partial charge in [-0.2, -0.15) is 0 Å². The van der Waals surface area contributed by atoms with Gasteiger partial charge in [0.25, 0.3) is 0 Å². The van der Waals surface area contributed by atoms with Crippen molar-refractivity contribution in [3.63, 3.8) is 0 Å². The average Bonchev–Trinajstić information content (AvgIpc) is 2.41. The van der Waals surface area contributed by atoms with E-state index < -0.39 is 0 Å². The second kappa shape index (κ2) is 5.78. The lowest BCUT2D eigenvalue weighted by atomic mass is 9.92. The van der Waals surface area contributed by atoms with E-state index in [2.05, 4.69) is 6.58 Å². The van der Waals surface area contributed by atoms with Gasteiger partial charge in [0.2, 0.25) is 5.91 Å². The lowest BCUT2D eigenvalue weighted by Gasteiger charge is -2.38. The van der Waals surface area contributed by atoms with Gasteiger partial charge in [-0.15, -0.1) is 0 Å². The molecule has 0 N–H and O–H groups in total. The van der Waals surface area contributed by atoms with Crippen LogP contribution in [-0.2, 0) is 11.2 Å². The first-order valence-corrected chi connectivity index (χ1v) is 6.29. The molecule has 1 aliphatic heterocycles. The molecule has 1 amide bonds. The van der Waals surface area contributed by atoms with Crippen LogP contribution in [0.3, 0.4) is 0 Å². The Morgan fingerprint density at radius 1 is 1.32 bits per heavy atom. The van der Waals surface area contributed by atoms with Crippen LogP contribution in [0.25, 0.3) is 0 Å². The SMILES string of the molecule is C=CC(=O)N1CC(Cc2cc(OC)cc(OC)c2)C1. The summed E-state index contributed by atoms with van der Waals surface area (Å²) in [7, 11) is 3.29. The van der Waals surface area contributed by atoms with Crippen LogP contribution in [0.2, 0.25) is 0 Å². The summed E-state index contributed by atoms with van der Waals surface area (Å²) in [4.78, 5) is 13.2. The van der Waals surface area contributed by atoms with Crippen LogP contribution < -0.4 is 9.47 Å². The molecule has 1 aromatic rings. The minimum Gasteiger partial charge on any atom is -0.497 e. The molecule has 19 heavy (non-hydrogen) atoms. The Balaban J connectivity index is 1.97. The lowest BCUT2D eigenvalue weighted by molar-refractivity contribution is -0.132. The van der Waals surface area contributed by atoms with Crippen molar-refractivity contribution in [2.45, 2.75) is 6.42 Å². The maximum Gasteiger partial charge on any atom is 0.245 e. The van der Waals surface area contributed by atoms with Gasteiger partial charge in [0.05, 0.1) is 14.2 Å². The van der Waals surface area contributed by atoms with Gasteiger partial charge < -0.3 is 14.4 Å². The molecule has 4 heteroatoms. The molecule has 1 heterocycles. The maximum absolute atomic E-state index is 11.4. The number of hydrogen-bond acceptors (Lipinski definition) is 3. The standard InChI is InChI=1S/C15H19NO3/c1-4-15(17)16-9-12(10-16)5-11-6-13(18-2)8-14(7-11)19-3/h4,6-8,12H,1,5,9-10H2,2-3H3. The fraction of sp³-hybridized carbons (Fsp3) is 0.400. The van der Waals surface area contributed by atoms with Crippen molar-refractivity contribution in [3.8, 4) is 11.5 Å². The number of hydrogen-bond donors (Lipinski definition) is 0. The summed E-state index contributed by atoms with van der Waals surface area (Å²) in [6, 6.07) is 5.89. The minimum atomic E-state index is 0.0134. The molecule has 0 aliphatic carbocycles. The summed E-state index contributed by atoms with van der Waals surface area (Å²) < 4.78 is 10.5. The molecule has 4 nitrogen and oxygen atoms in total. The number of carbonyl (C=O) groups excluding carboxylic acids is 1. The van der Waals surface area contributed by atoms with Gasteiger partial charge >= 0.3 is 0 Å². The molecule has 1 saturated heterocycles. The largest absolute Gasteiger partial charge is 0.497 e. The van der Waals surface area contributed by atoms with Gasteiger partial charge in [-0.25, -0.2) is 0 Å². The number of methoxy groups -OCH3 is 2. The van der Waals surface area contributed by atoms with E-state index >= 15 is 0 Å². The maximum atomic E-state index is 11.4. The van der Waals surface area contributed by atoms with Gasteiger partial charge in [-0.1, -0.05) is 6.58 Å². The average molecular weight is 261 g/mol. The zero-order valence-corrected chi connectivity index (χ0v) is 11.4.